The summed E-state index contributed by atoms with van der Waals surface area (Å²) in [6.07, 6.45) is 2.50. The fourth-order valence-corrected chi connectivity index (χ4v) is 6.51. The number of rotatable bonds is 2. The topological polar surface area (TPSA) is 87.9 Å². The van der Waals surface area contributed by atoms with Gasteiger partial charge < -0.3 is 15.4 Å². The Labute approximate surface area is 186 Å². The van der Waals surface area contributed by atoms with Crippen LogP contribution >= 0.6 is 11.3 Å². The first kappa shape index (κ1) is 20.7. The summed E-state index contributed by atoms with van der Waals surface area (Å²) >= 11 is 1.48. The number of nitrogen functional groups attached to an aromatic ring is 1. The van der Waals surface area contributed by atoms with Crippen molar-refractivity contribution in [2.24, 2.45) is 0 Å². The van der Waals surface area contributed by atoms with Gasteiger partial charge in [-0.2, -0.15) is 0 Å². The molecule has 0 saturated carbocycles. The highest BCUT2D eigenvalue weighted by Crippen LogP contribution is 2.37. The average Bonchev–Trinajstić information content (AvgIpc) is 3.19. The molecule has 166 valence electrons. The first-order valence-corrected chi connectivity index (χ1v) is 11.9. The van der Waals surface area contributed by atoms with Crippen LogP contribution in [0, 0.1) is 0 Å². The highest BCUT2D eigenvalue weighted by Gasteiger charge is 2.55. The highest BCUT2D eigenvalue weighted by atomic mass is 32.1. The Morgan fingerprint density at radius 2 is 1.97 bits per heavy atom. The Balaban J connectivity index is 1.26. The number of nitrogens with two attached hydrogens (primary N) is 1. The predicted molar refractivity (Wildman–Crippen MR) is 122 cm³/mol. The summed E-state index contributed by atoms with van der Waals surface area (Å²) in [5.74, 6) is -0.0964. The number of nitrogens with one attached hydrogen (secondary N) is 1. The van der Waals surface area contributed by atoms with Crippen LogP contribution in [0.25, 0.3) is 10.1 Å². The zero-order valence-corrected chi connectivity index (χ0v) is 19.0. The number of benzene rings is 1. The molecule has 1 aromatic carbocycles. The minimum absolute atomic E-state index is 0.0336. The summed E-state index contributed by atoms with van der Waals surface area (Å²) in [6, 6.07) is 8.28. The van der Waals surface area contributed by atoms with Crippen LogP contribution in [0.5, 0.6) is 0 Å². The number of carbonyl (C=O) groups excluding carboxylic acids is 2. The van der Waals surface area contributed by atoms with E-state index in [4.69, 9.17) is 10.5 Å². The van der Waals surface area contributed by atoms with Gasteiger partial charge in [0.2, 0.25) is 0 Å². The van der Waals surface area contributed by atoms with Crippen LogP contribution in [-0.2, 0) is 9.53 Å². The molecule has 5 rings (SSSR count). The van der Waals surface area contributed by atoms with Gasteiger partial charge in [0.1, 0.15) is 11.1 Å². The number of amides is 1. The van der Waals surface area contributed by atoms with E-state index in [0.717, 1.165) is 36.0 Å². The SMILES string of the molecule is CC1(C)CC2(CN(C3CCN(C(=O)c4c(N)sc5ccccc45)CC3)CCN2)C(=O)O1. The number of nitrogens with zero attached hydrogens (tertiary/aromatic N) is 2. The number of hydrogen-bond acceptors (Lipinski definition) is 7. The van der Waals surface area contributed by atoms with Gasteiger partial charge in [-0.15, -0.1) is 11.3 Å². The number of thiophene rings is 1. The van der Waals surface area contributed by atoms with Crippen LogP contribution in [0.3, 0.4) is 0 Å². The number of anilines is 1. The van der Waals surface area contributed by atoms with Crippen molar-refractivity contribution < 1.29 is 14.3 Å². The van der Waals surface area contributed by atoms with Crippen LogP contribution in [-0.4, -0.2) is 71.6 Å². The van der Waals surface area contributed by atoms with Crippen molar-refractivity contribution in [3.05, 3.63) is 29.8 Å². The number of cyclic esters (lactones) is 1. The number of piperazine rings is 1. The van der Waals surface area contributed by atoms with E-state index in [1.54, 1.807) is 0 Å². The predicted octanol–water partition coefficient (Wildman–Crippen LogP) is 2.46. The van der Waals surface area contributed by atoms with Crippen molar-refractivity contribution in [1.29, 1.82) is 0 Å². The molecule has 1 spiro atoms. The van der Waals surface area contributed by atoms with Crippen molar-refractivity contribution >= 4 is 38.3 Å². The molecule has 3 aliphatic heterocycles. The van der Waals surface area contributed by atoms with Crippen molar-refractivity contribution in [2.75, 3.05) is 38.5 Å². The lowest BCUT2D eigenvalue weighted by molar-refractivity contribution is -0.151. The van der Waals surface area contributed by atoms with Gasteiger partial charge in [0.05, 0.1) is 10.6 Å². The maximum atomic E-state index is 13.3. The number of ether oxygens (including phenoxy) is 1. The van der Waals surface area contributed by atoms with Gasteiger partial charge in [-0.3, -0.25) is 15.0 Å². The molecule has 3 saturated heterocycles. The molecule has 1 amide bonds. The lowest BCUT2D eigenvalue weighted by atomic mass is 9.86. The molecule has 3 N–H and O–H groups in total. The summed E-state index contributed by atoms with van der Waals surface area (Å²) in [4.78, 5) is 30.3. The van der Waals surface area contributed by atoms with Gasteiger partial charge in [-0.05, 0) is 32.8 Å². The van der Waals surface area contributed by atoms with Gasteiger partial charge in [0.15, 0.2) is 0 Å². The molecular weight excluding hydrogens is 412 g/mol. The fraction of sp³-hybridized carbons (Fsp3) is 0.565. The zero-order valence-electron chi connectivity index (χ0n) is 18.1. The number of carbonyl (C=O) groups is 2. The Bertz CT molecular complexity index is 1030. The van der Waals surface area contributed by atoms with Crippen molar-refractivity contribution in [2.45, 2.75) is 50.3 Å². The van der Waals surface area contributed by atoms with Crippen LogP contribution in [0.15, 0.2) is 24.3 Å². The van der Waals surface area contributed by atoms with Gasteiger partial charge >= 0.3 is 5.97 Å². The Morgan fingerprint density at radius 3 is 2.68 bits per heavy atom. The summed E-state index contributed by atoms with van der Waals surface area (Å²) in [6.45, 7) is 7.74. The molecule has 0 radical (unpaired) electrons. The monoisotopic (exact) mass is 442 g/mol. The lowest BCUT2D eigenvalue weighted by Gasteiger charge is -2.45. The second kappa shape index (κ2) is 7.46. The van der Waals surface area contributed by atoms with Crippen LogP contribution in [0.4, 0.5) is 5.00 Å². The van der Waals surface area contributed by atoms with Crippen molar-refractivity contribution in [3.63, 3.8) is 0 Å². The molecule has 3 fully saturated rings. The maximum Gasteiger partial charge on any atom is 0.328 e. The van der Waals surface area contributed by atoms with E-state index in [9.17, 15) is 9.59 Å². The fourth-order valence-electron chi connectivity index (χ4n) is 5.55. The van der Waals surface area contributed by atoms with Gasteiger partial charge in [-0.25, -0.2) is 4.79 Å². The Morgan fingerprint density at radius 1 is 1.23 bits per heavy atom. The summed E-state index contributed by atoms with van der Waals surface area (Å²) in [5.41, 5.74) is 5.84. The number of likely N-dealkylation sites (tertiary alicyclic amines) is 1. The summed E-state index contributed by atoms with van der Waals surface area (Å²) < 4.78 is 6.67. The molecule has 2 aromatic rings. The third-order valence-electron chi connectivity index (χ3n) is 6.93. The van der Waals surface area contributed by atoms with Crippen molar-refractivity contribution in [1.82, 2.24) is 15.1 Å². The van der Waals surface area contributed by atoms with E-state index in [0.29, 0.717) is 42.7 Å². The molecule has 7 nitrogen and oxygen atoms in total. The van der Waals surface area contributed by atoms with Gasteiger partial charge in [-0.1, -0.05) is 18.2 Å². The van der Waals surface area contributed by atoms with E-state index < -0.39 is 11.1 Å². The molecule has 1 aromatic heterocycles. The zero-order chi connectivity index (χ0) is 21.8. The normalized spacial score (nSPS) is 27.2. The molecule has 1 unspecified atom stereocenters. The molecule has 8 heteroatoms. The summed E-state index contributed by atoms with van der Waals surface area (Å²) in [5, 5.41) is 4.99. The smallest absolute Gasteiger partial charge is 0.328 e. The standard InChI is InChI=1S/C23H30N4O3S/c1-22(2)13-23(21(29)30-22)14-27(12-9-25-23)15-7-10-26(11-8-15)20(28)18-16-5-3-4-6-17(16)31-19(18)24/h3-6,15,25H,7-14,24H2,1-2H3. The minimum atomic E-state index is -0.598. The maximum absolute atomic E-state index is 13.3. The molecule has 3 aliphatic rings. The Kier molecular flexibility index (Phi) is 4.99. The lowest BCUT2D eigenvalue weighted by Crippen LogP contribution is -2.65. The first-order valence-electron chi connectivity index (χ1n) is 11.1. The molecular formula is C23H30N4O3S. The number of hydrogen-bond donors (Lipinski definition) is 2. The average molecular weight is 443 g/mol. The van der Waals surface area contributed by atoms with Crippen LogP contribution in [0.1, 0.15) is 43.5 Å². The molecule has 1 atom stereocenters. The van der Waals surface area contributed by atoms with Crippen LogP contribution < -0.4 is 11.1 Å². The van der Waals surface area contributed by atoms with E-state index in [2.05, 4.69) is 10.2 Å². The van der Waals surface area contributed by atoms with E-state index in [-0.39, 0.29) is 11.9 Å². The van der Waals surface area contributed by atoms with E-state index in [1.165, 1.54) is 11.3 Å². The third-order valence-corrected chi connectivity index (χ3v) is 7.93. The molecule has 31 heavy (non-hydrogen) atoms. The molecule has 4 heterocycles. The Hall–Kier alpha value is -2.16. The second-order valence-corrected chi connectivity index (χ2v) is 10.7. The third kappa shape index (κ3) is 3.60. The number of fused-ring (bicyclic) bond motifs is 1. The first-order chi connectivity index (χ1) is 14.8. The van der Waals surface area contributed by atoms with Gasteiger partial charge in [0.25, 0.3) is 5.91 Å². The number of piperidine rings is 1. The summed E-state index contributed by atoms with van der Waals surface area (Å²) in [7, 11) is 0. The number of esters is 1. The van der Waals surface area contributed by atoms with Crippen LogP contribution in [0.2, 0.25) is 0 Å². The van der Waals surface area contributed by atoms with Gasteiger partial charge in [0, 0.05) is 55.3 Å². The molecule has 0 aliphatic carbocycles. The largest absolute Gasteiger partial charge is 0.458 e. The van der Waals surface area contributed by atoms with Crippen molar-refractivity contribution in [3.8, 4) is 0 Å². The quantitative estimate of drug-likeness (QED) is 0.695. The minimum Gasteiger partial charge on any atom is -0.458 e. The molecule has 0 bridgehead atoms. The van der Waals surface area contributed by atoms with E-state index >= 15 is 0 Å². The second-order valence-electron chi connectivity index (χ2n) is 9.67. The highest BCUT2D eigenvalue weighted by molar-refractivity contribution is 7.23. The van der Waals surface area contributed by atoms with E-state index in [1.807, 2.05) is 43.0 Å².